The zero-order valence-electron chi connectivity index (χ0n) is 13.3. The molecule has 0 amide bonds. The maximum absolute atomic E-state index is 14.2. The molecule has 2 atom stereocenters. The predicted molar refractivity (Wildman–Crippen MR) is 87.4 cm³/mol. The number of rotatable bonds is 4. The van der Waals surface area contributed by atoms with Gasteiger partial charge in [0, 0.05) is 32.2 Å². The van der Waals surface area contributed by atoms with E-state index in [1.165, 1.54) is 23.7 Å². The second-order valence-electron chi connectivity index (χ2n) is 5.68. The summed E-state index contributed by atoms with van der Waals surface area (Å²) in [5.74, 6) is -0.800. The van der Waals surface area contributed by atoms with E-state index in [2.05, 4.69) is 0 Å². The number of ether oxygens (including phenoxy) is 2. The Morgan fingerprint density at radius 2 is 2.17 bits per heavy atom. The minimum absolute atomic E-state index is 0.157. The van der Waals surface area contributed by atoms with Crippen LogP contribution >= 0.6 is 11.8 Å². The van der Waals surface area contributed by atoms with Crippen LogP contribution in [0.4, 0.5) is 4.39 Å². The van der Waals surface area contributed by atoms with Crippen molar-refractivity contribution in [3.63, 3.8) is 0 Å². The van der Waals surface area contributed by atoms with Crippen molar-refractivity contribution >= 4 is 17.7 Å². The Hall–Kier alpha value is -1.37. The lowest BCUT2D eigenvalue weighted by Crippen LogP contribution is -2.39. The average Bonchev–Trinajstić information content (AvgIpc) is 2.99. The van der Waals surface area contributed by atoms with E-state index in [4.69, 9.17) is 9.47 Å². The molecular weight excluding hydrogens is 317 g/mol. The first-order valence-electron chi connectivity index (χ1n) is 7.60. The van der Waals surface area contributed by atoms with Crippen molar-refractivity contribution in [2.75, 3.05) is 27.3 Å². The molecule has 0 aliphatic carbocycles. The van der Waals surface area contributed by atoms with Crippen molar-refractivity contribution in [2.45, 2.75) is 24.3 Å². The number of benzene rings is 1. The fourth-order valence-electron chi connectivity index (χ4n) is 3.19. The van der Waals surface area contributed by atoms with Gasteiger partial charge in [-0.2, -0.15) is 0 Å². The molecule has 4 nitrogen and oxygen atoms in total. The van der Waals surface area contributed by atoms with Crippen molar-refractivity contribution in [2.24, 2.45) is 0 Å². The maximum Gasteiger partial charge on any atom is 0.327 e. The fraction of sp³-hybridized carbons (Fsp3) is 0.471. The van der Waals surface area contributed by atoms with Crippen LogP contribution in [-0.4, -0.2) is 43.6 Å². The first-order valence-corrected chi connectivity index (χ1v) is 8.48. The van der Waals surface area contributed by atoms with Crippen molar-refractivity contribution in [3.05, 3.63) is 46.1 Å². The molecular formula is C17H20FNO3S. The van der Waals surface area contributed by atoms with Crippen LogP contribution in [-0.2, 0) is 14.3 Å². The number of halogens is 1. The third-order valence-electron chi connectivity index (χ3n) is 4.35. The lowest BCUT2D eigenvalue weighted by atomic mass is 10.00. The molecule has 2 heterocycles. The normalized spacial score (nSPS) is 22.8. The summed E-state index contributed by atoms with van der Waals surface area (Å²) in [6.07, 6.45) is 1.72. The number of carbonyl (C=O) groups excluding carboxylic acids is 1. The molecule has 124 valence electrons. The van der Waals surface area contributed by atoms with Gasteiger partial charge in [0.05, 0.1) is 7.11 Å². The topological polar surface area (TPSA) is 38.8 Å². The number of hydrogen-bond acceptors (Lipinski definition) is 5. The van der Waals surface area contributed by atoms with E-state index in [1.807, 2.05) is 4.90 Å². The van der Waals surface area contributed by atoms with Crippen molar-refractivity contribution in [1.29, 1.82) is 0 Å². The number of nitrogens with zero attached hydrogens (tertiary/aromatic N) is 1. The summed E-state index contributed by atoms with van der Waals surface area (Å²) in [5, 5.41) is 0. The van der Waals surface area contributed by atoms with Gasteiger partial charge >= 0.3 is 5.97 Å². The van der Waals surface area contributed by atoms with Gasteiger partial charge in [-0.25, -0.2) is 9.18 Å². The van der Waals surface area contributed by atoms with E-state index in [0.29, 0.717) is 18.7 Å². The zero-order valence-corrected chi connectivity index (χ0v) is 14.1. The third kappa shape index (κ3) is 3.29. The van der Waals surface area contributed by atoms with Crippen LogP contribution in [0.5, 0.6) is 0 Å². The van der Waals surface area contributed by atoms with Crippen LogP contribution in [0.1, 0.15) is 24.4 Å². The summed E-state index contributed by atoms with van der Waals surface area (Å²) in [6, 6.07) is 5.70. The highest BCUT2D eigenvalue weighted by atomic mass is 32.2. The predicted octanol–water partition coefficient (Wildman–Crippen LogP) is 3.11. The second kappa shape index (κ2) is 7.03. The molecule has 0 N–H and O–H groups in total. The summed E-state index contributed by atoms with van der Waals surface area (Å²) in [7, 11) is 3.06. The van der Waals surface area contributed by atoms with Gasteiger partial charge in [-0.3, -0.25) is 4.90 Å². The first-order chi connectivity index (χ1) is 11.1. The molecule has 1 aromatic rings. The van der Waals surface area contributed by atoms with E-state index in [9.17, 15) is 9.18 Å². The van der Waals surface area contributed by atoms with E-state index in [1.54, 1.807) is 37.1 Å². The molecule has 0 spiro atoms. The summed E-state index contributed by atoms with van der Waals surface area (Å²) in [4.78, 5) is 15.7. The molecule has 0 saturated heterocycles. The Labute approximate surface area is 139 Å². The number of hydrogen-bond donors (Lipinski definition) is 0. The summed E-state index contributed by atoms with van der Waals surface area (Å²) in [5.41, 5.74) is 1.82. The highest BCUT2D eigenvalue weighted by Crippen LogP contribution is 2.43. The highest BCUT2D eigenvalue weighted by Gasteiger charge is 2.36. The Bertz CT molecular complexity index is 634. The number of methoxy groups -OCH3 is 2. The van der Waals surface area contributed by atoms with E-state index < -0.39 is 12.0 Å². The molecule has 6 heteroatoms. The van der Waals surface area contributed by atoms with E-state index >= 15 is 0 Å². The average molecular weight is 337 g/mol. The van der Waals surface area contributed by atoms with Gasteiger partial charge < -0.3 is 9.47 Å². The summed E-state index contributed by atoms with van der Waals surface area (Å²) < 4.78 is 24.6. The van der Waals surface area contributed by atoms with E-state index in [-0.39, 0.29) is 11.3 Å². The highest BCUT2D eigenvalue weighted by molar-refractivity contribution is 8.03. The molecule has 2 aliphatic heterocycles. The van der Waals surface area contributed by atoms with Crippen molar-refractivity contribution < 1.29 is 18.7 Å². The summed E-state index contributed by atoms with van der Waals surface area (Å²) in [6.45, 7) is 1.35. The molecule has 2 unspecified atom stereocenters. The fourth-order valence-corrected chi connectivity index (χ4v) is 4.41. The molecule has 0 radical (unpaired) electrons. The van der Waals surface area contributed by atoms with Gasteiger partial charge in [-0.05, 0) is 23.0 Å². The molecule has 0 bridgehead atoms. The van der Waals surface area contributed by atoms with Crippen LogP contribution in [0.25, 0.3) is 0 Å². The zero-order chi connectivity index (χ0) is 16.4. The molecule has 0 aromatic heterocycles. The van der Waals surface area contributed by atoms with Gasteiger partial charge in [0.15, 0.2) is 0 Å². The van der Waals surface area contributed by atoms with Crippen LogP contribution in [0.15, 0.2) is 34.7 Å². The monoisotopic (exact) mass is 337 g/mol. The second-order valence-corrected chi connectivity index (χ2v) is 6.94. The van der Waals surface area contributed by atoms with Crippen molar-refractivity contribution in [3.8, 4) is 0 Å². The number of carbonyl (C=O) groups is 1. The molecule has 3 rings (SSSR count). The van der Waals surface area contributed by atoms with Gasteiger partial charge in [0.2, 0.25) is 0 Å². The largest absolute Gasteiger partial charge is 0.468 e. The van der Waals surface area contributed by atoms with Crippen LogP contribution < -0.4 is 0 Å². The van der Waals surface area contributed by atoms with Gasteiger partial charge in [0.1, 0.15) is 17.3 Å². The molecule has 2 aliphatic rings. The molecule has 0 fully saturated rings. The molecule has 0 saturated carbocycles. The quantitative estimate of drug-likeness (QED) is 0.790. The van der Waals surface area contributed by atoms with E-state index in [0.717, 1.165) is 12.8 Å². The number of esters is 1. The molecule has 23 heavy (non-hydrogen) atoms. The maximum atomic E-state index is 14.2. The Morgan fingerprint density at radius 1 is 1.39 bits per heavy atom. The Morgan fingerprint density at radius 3 is 2.87 bits per heavy atom. The van der Waals surface area contributed by atoms with Crippen LogP contribution in [0.2, 0.25) is 0 Å². The minimum atomic E-state index is -0.707. The lowest BCUT2D eigenvalue weighted by Gasteiger charge is -2.33. The standard InChI is InChI=1S/C17H20FNO3S/c1-21-15-9-11-10-19(8-7-14(11)23-15)16(17(20)22-2)12-5-3-4-6-13(12)18/h3-6,15-16H,7-10H2,1-2H3. The first kappa shape index (κ1) is 16.5. The van der Waals surface area contributed by atoms with Gasteiger partial charge in [0.25, 0.3) is 0 Å². The SMILES string of the molecule is COC(=O)C(c1ccccc1F)N1CCC2=C(CC(OC)S2)C1. The lowest BCUT2D eigenvalue weighted by molar-refractivity contribution is -0.147. The molecule has 1 aromatic carbocycles. The van der Waals surface area contributed by atoms with Gasteiger partial charge in [-0.15, -0.1) is 0 Å². The summed E-state index contributed by atoms with van der Waals surface area (Å²) >= 11 is 1.76. The third-order valence-corrected chi connectivity index (χ3v) is 5.75. The van der Waals surface area contributed by atoms with Gasteiger partial charge in [-0.1, -0.05) is 30.0 Å². The van der Waals surface area contributed by atoms with Crippen molar-refractivity contribution in [1.82, 2.24) is 4.90 Å². The van der Waals surface area contributed by atoms with Crippen LogP contribution in [0.3, 0.4) is 0 Å². The minimum Gasteiger partial charge on any atom is -0.468 e. The van der Waals surface area contributed by atoms with Crippen LogP contribution in [0, 0.1) is 5.82 Å². The smallest absolute Gasteiger partial charge is 0.327 e. The Balaban J connectivity index is 1.85. The number of thioether (sulfide) groups is 1. The Kier molecular flexibility index (Phi) is 5.04.